The third kappa shape index (κ3) is 4.53. The number of benzene rings is 1. The maximum atomic E-state index is 13.0. The molecule has 3 rings (SSSR count). The van der Waals surface area contributed by atoms with Crippen molar-refractivity contribution in [1.29, 1.82) is 0 Å². The topological polar surface area (TPSA) is 54.0 Å². The van der Waals surface area contributed by atoms with Gasteiger partial charge in [-0.05, 0) is 37.1 Å². The molecule has 1 saturated carbocycles. The number of amides is 1. The van der Waals surface area contributed by atoms with Crippen LogP contribution in [0, 0.1) is 5.92 Å². The average Bonchev–Trinajstić information content (AvgIpc) is 2.63. The highest BCUT2D eigenvalue weighted by molar-refractivity contribution is 5.92. The zero-order chi connectivity index (χ0) is 18.6. The summed E-state index contributed by atoms with van der Waals surface area (Å²) in [5, 5.41) is 5.51. The van der Waals surface area contributed by atoms with Gasteiger partial charge in [-0.25, -0.2) is 4.98 Å². The molecule has 138 valence electrons. The van der Waals surface area contributed by atoms with E-state index in [0.29, 0.717) is 5.69 Å². The van der Waals surface area contributed by atoms with Gasteiger partial charge in [0.25, 0.3) is 0 Å². The first-order valence-corrected chi connectivity index (χ1v) is 8.63. The smallest absolute Gasteiger partial charge is 0.340 e. The Kier molecular flexibility index (Phi) is 5.44. The molecule has 1 aromatic heterocycles. The number of para-hydroxylation sites is 1. The number of carbonyl (C=O) groups is 1. The molecule has 2 N–H and O–H groups in total. The maximum absolute atomic E-state index is 13.0. The molecule has 0 atom stereocenters. The quantitative estimate of drug-likeness (QED) is 0.769. The minimum absolute atomic E-state index is 0.0189. The lowest BCUT2D eigenvalue weighted by Gasteiger charge is -2.20. The van der Waals surface area contributed by atoms with Crippen molar-refractivity contribution in [1.82, 2.24) is 4.98 Å². The molecule has 2 aromatic rings. The molecule has 26 heavy (non-hydrogen) atoms. The molecular weight excluding hydrogens is 343 g/mol. The Bertz CT molecular complexity index is 753. The Morgan fingerprint density at radius 2 is 1.77 bits per heavy atom. The van der Waals surface area contributed by atoms with Crippen LogP contribution in [0.1, 0.15) is 37.7 Å². The molecule has 7 heteroatoms. The number of halogens is 3. The van der Waals surface area contributed by atoms with Crippen LogP contribution in [-0.2, 0) is 11.0 Å². The zero-order valence-corrected chi connectivity index (χ0v) is 14.1. The van der Waals surface area contributed by atoms with E-state index in [0.717, 1.165) is 31.7 Å². The first-order valence-electron chi connectivity index (χ1n) is 8.63. The van der Waals surface area contributed by atoms with Gasteiger partial charge >= 0.3 is 6.18 Å². The second kappa shape index (κ2) is 7.76. The molecule has 1 fully saturated rings. The molecule has 1 heterocycles. The standard InChI is InChI=1S/C19H20F3N3O/c20-19(21,22)15-8-4-5-9-16(15)25-17-11-10-14(12-23-17)24-18(26)13-6-2-1-3-7-13/h4-5,8-13H,1-3,6-7H2,(H,23,25)(H,24,26). The Morgan fingerprint density at radius 1 is 1.04 bits per heavy atom. The predicted octanol–water partition coefficient (Wildman–Crippen LogP) is 5.36. The zero-order valence-electron chi connectivity index (χ0n) is 14.1. The summed E-state index contributed by atoms with van der Waals surface area (Å²) in [7, 11) is 0. The molecule has 4 nitrogen and oxygen atoms in total. The lowest BCUT2D eigenvalue weighted by molar-refractivity contribution is -0.137. The van der Waals surface area contributed by atoms with Gasteiger partial charge in [0.05, 0.1) is 23.1 Å². The van der Waals surface area contributed by atoms with Crippen molar-refractivity contribution in [2.45, 2.75) is 38.3 Å². The number of nitrogens with zero attached hydrogens (tertiary/aromatic N) is 1. The van der Waals surface area contributed by atoms with Crippen LogP contribution in [0.25, 0.3) is 0 Å². The second-order valence-electron chi connectivity index (χ2n) is 6.42. The number of alkyl halides is 3. The minimum Gasteiger partial charge on any atom is -0.340 e. The van der Waals surface area contributed by atoms with E-state index >= 15 is 0 Å². The molecule has 1 aliphatic rings. The van der Waals surface area contributed by atoms with Crippen LogP contribution in [0.15, 0.2) is 42.6 Å². The largest absolute Gasteiger partial charge is 0.418 e. The summed E-state index contributed by atoms with van der Waals surface area (Å²) >= 11 is 0. The van der Waals surface area contributed by atoms with Crippen LogP contribution in [-0.4, -0.2) is 10.9 Å². The molecule has 0 bridgehead atoms. The van der Waals surface area contributed by atoms with E-state index in [1.807, 2.05) is 0 Å². The van der Waals surface area contributed by atoms with E-state index in [4.69, 9.17) is 0 Å². The summed E-state index contributed by atoms with van der Waals surface area (Å²) in [4.78, 5) is 16.3. The van der Waals surface area contributed by atoms with Crippen molar-refractivity contribution >= 4 is 23.1 Å². The van der Waals surface area contributed by atoms with Crippen molar-refractivity contribution in [2.24, 2.45) is 5.92 Å². The first kappa shape index (κ1) is 18.2. The molecule has 1 amide bonds. The summed E-state index contributed by atoms with van der Waals surface area (Å²) in [6.07, 6.45) is 2.09. The third-order valence-electron chi connectivity index (χ3n) is 4.50. The van der Waals surface area contributed by atoms with Crippen molar-refractivity contribution < 1.29 is 18.0 Å². The number of rotatable bonds is 4. The van der Waals surface area contributed by atoms with E-state index in [1.165, 1.54) is 30.8 Å². The third-order valence-corrected chi connectivity index (χ3v) is 4.50. The van der Waals surface area contributed by atoms with Crippen molar-refractivity contribution in [2.75, 3.05) is 10.6 Å². The normalized spacial score (nSPS) is 15.5. The predicted molar refractivity (Wildman–Crippen MR) is 94.2 cm³/mol. The number of anilines is 3. The average molecular weight is 363 g/mol. The number of hydrogen-bond acceptors (Lipinski definition) is 3. The van der Waals surface area contributed by atoms with Crippen LogP contribution >= 0.6 is 0 Å². The van der Waals surface area contributed by atoms with Crippen LogP contribution in [0.2, 0.25) is 0 Å². The summed E-state index contributed by atoms with van der Waals surface area (Å²) < 4.78 is 39.1. The first-order chi connectivity index (χ1) is 12.4. The van der Waals surface area contributed by atoms with Crippen LogP contribution in [0.5, 0.6) is 0 Å². The lowest BCUT2D eigenvalue weighted by atomic mass is 9.88. The maximum Gasteiger partial charge on any atom is 0.418 e. The number of pyridine rings is 1. The number of aromatic nitrogens is 1. The van der Waals surface area contributed by atoms with Gasteiger partial charge in [0.1, 0.15) is 5.82 Å². The Morgan fingerprint density at radius 3 is 2.42 bits per heavy atom. The van der Waals surface area contributed by atoms with Gasteiger partial charge in [-0.3, -0.25) is 4.79 Å². The highest BCUT2D eigenvalue weighted by Gasteiger charge is 2.33. The molecule has 1 aromatic carbocycles. The summed E-state index contributed by atoms with van der Waals surface area (Å²) in [6, 6.07) is 8.40. The molecular formula is C19H20F3N3O. The van der Waals surface area contributed by atoms with Crippen molar-refractivity contribution in [3.8, 4) is 0 Å². The molecule has 1 aliphatic carbocycles. The van der Waals surface area contributed by atoms with Gasteiger partial charge in [-0.15, -0.1) is 0 Å². The molecule has 0 spiro atoms. The Labute approximate surface area is 149 Å². The van der Waals surface area contributed by atoms with E-state index in [2.05, 4.69) is 15.6 Å². The van der Waals surface area contributed by atoms with E-state index in [-0.39, 0.29) is 23.3 Å². The van der Waals surface area contributed by atoms with Gasteiger partial charge < -0.3 is 10.6 Å². The van der Waals surface area contributed by atoms with Gasteiger partial charge in [0.2, 0.25) is 5.91 Å². The van der Waals surface area contributed by atoms with Crippen molar-refractivity contribution in [3.05, 3.63) is 48.2 Å². The number of nitrogens with one attached hydrogen (secondary N) is 2. The Balaban J connectivity index is 1.66. The molecule has 0 aliphatic heterocycles. The molecule has 0 saturated heterocycles. The minimum atomic E-state index is -4.45. The van der Waals surface area contributed by atoms with Gasteiger partial charge in [-0.1, -0.05) is 31.4 Å². The highest BCUT2D eigenvalue weighted by atomic mass is 19.4. The monoisotopic (exact) mass is 363 g/mol. The van der Waals surface area contributed by atoms with Gasteiger partial charge in [0.15, 0.2) is 0 Å². The summed E-state index contributed by atoms with van der Waals surface area (Å²) in [6.45, 7) is 0. The molecule has 0 radical (unpaired) electrons. The van der Waals surface area contributed by atoms with Gasteiger partial charge in [-0.2, -0.15) is 13.2 Å². The lowest BCUT2D eigenvalue weighted by Crippen LogP contribution is -2.24. The van der Waals surface area contributed by atoms with E-state index in [9.17, 15) is 18.0 Å². The fourth-order valence-electron chi connectivity index (χ4n) is 3.13. The van der Waals surface area contributed by atoms with Crippen LogP contribution in [0.4, 0.5) is 30.4 Å². The highest BCUT2D eigenvalue weighted by Crippen LogP contribution is 2.35. The SMILES string of the molecule is O=C(Nc1ccc(Nc2ccccc2C(F)(F)F)nc1)C1CCCCC1. The van der Waals surface area contributed by atoms with Crippen LogP contribution in [0.3, 0.4) is 0 Å². The van der Waals surface area contributed by atoms with Crippen LogP contribution < -0.4 is 10.6 Å². The van der Waals surface area contributed by atoms with E-state index in [1.54, 1.807) is 12.1 Å². The Hall–Kier alpha value is -2.57. The number of carbonyl (C=O) groups excluding carboxylic acids is 1. The summed E-state index contributed by atoms with van der Waals surface area (Å²) in [5.41, 5.74) is -0.279. The fourth-order valence-corrected chi connectivity index (χ4v) is 3.13. The summed E-state index contributed by atoms with van der Waals surface area (Å²) in [5.74, 6) is 0.284. The van der Waals surface area contributed by atoms with Crippen molar-refractivity contribution in [3.63, 3.8) is 0 Å². The van der Waals surface area contributed by atoms with Gasteiger partial charge in [0, 0.05) is 5.92 Å². The number of hydrogen-bond donors (Lipinski definition) is 2. The van der Waals surface area contributed by atoms with E-state index < -0.39 is 11.7 Å². The second-order valence-corrected chi connectivity index (χ2v) is 6.42. The fraction of sp³-hybridized carbons (Fsp3) is 0.368. The molecule has 0 unspecified atom stereocenters.